The number of hydrogen-bond acceptors (Lipinski definition) is 6. The molecule has 0 bridgehead atoms. The number of nitrogens with zero attached hydrogens (tertiary/aromatic N) is 2. The van der Waals surface area contributed by atoms with Crippen LogP contribution in [0, 0.1) is 12.8 Å². The van der Waals surface area contributed by atoms with Crippen molar-refractivity contribution < 1.29 is 24.1 Å². The number of carbonyl (C=O) groups excluding carboxylic acids is 1. The molecule has 37 heavy (non-hydrogen) atoms. The highest BCUT2D eigenvalue weighted by atomic mass is 16.5. The van der Waals surface area contributed by atoms with Gasteiger partial charge in [0.25, 0.3) is 0 Å². The summed E-state index contributed by atoms with van der Waals surface area (Å²) < 4.78 is 16.3. The predicted molar refractivity (Wildman–Crippen MR) is 154 cm³/mol. The Balaban J connectivity index is 0.00000112. The molecule has 1 aromatic carbocycles. The molecule has 0 aliphatic carbocycles. The first-order valence-electron chi connectivity index (χ1n) is 13.3. The van der Waals surface area contributed by atoms with E-state index in [1.165, 1.54) is 5.56 Å². The highest BCUT2D eigenvalue weighted by molar-refractivity contribution is 5.72. The van der Waals surface area contributed by atoms with E-state index >= 15 is 0 Å². The van der Waals surface area contributed by atoms with E-state index in [9.17, 15) is 4.79 Å². The number of carbonyl (C=O) groups is 1. The monoisotopic (exact) mass is 520 g/mol. The van der Waals surface area contributed by atoms with Gasteiger partial charge in [-0.2, -0.15) is 0 Å². The maximum atomic E-state index is 10.9. The van der Waals surface area contributed by atoms with Crippen LogP contribution in [-0.4, -0.2) is 81.0 Å². The van der Waals surface area contributed by atoms with Gasteiger partial charge in [-0.3, -0.25) is 4.79 Å². The number of aliphatic hydroxyl groups excluding tert-OH is 1. The molecular formula is C30H52N2O5. The number of ether oxygens (including phenoxy) is 3. The number of methoxy groups -OCH3 is 2. The van der Waals surface area contributed by atoms with Crippen molar-refractivity contribution in [2.75, 3.05) is 54.1 Å². The van der Waals surface area contributed by atoms with E-state index in [0.29, 0.717) is 12.5 Å². The largest absolute Gasteiger partial charge is 0.497 e. The highest BCUT2D eigenvalue weighted by Gasteiger charge is 2.25. The van der Waals surface area contributed by atoms with Crippen LogP contribution in [0.25, 0.3) is 5.70 Å². The minimum Gasteiger partial charge on any atom is -0.497 e. The summed E-state index contributed by atoms with van der Waals surface area (Å²) in [5.41, 5.74) is 3.48. The molecule has 2 aliphatic heterocycles. The first-order chi connectivity index (χ1) is 17.7. The molecule has 2 heterocycles. The van der Waals surface area contributed by atoms with Gasteiger partial charge in [0, 0.05) is 39.4 Å². The van der Waals surface area contributed by atoms with Gasteiger partial charge in [0.05, 0.1) is 25.0 Å². The van der Waals surface area contributed by atoms with Crippen molar-refractivity contribution in [2.45, 2.75) is 66.4 Å². The van der Waals surface area contributed by atoms with E-state index in [2.05, 4.69) is 30.5 Å². The van der Waals surface area contributed by atoms with Crippen LogP contribution in [0.1, 0.15) is 65.0 Å². The standard InChI is InChI=1S/C22H30N2O3.C5H12O.C2H6.CH4O/c1-4-21-22(20-15-19(26-3)6-5-17(20)2)24(13-14-27-21)12-9-18-7-10-23(16-25)11-8-18;1-5(2,3)6-4;2*1-2/h4-6,15-16,18H,1,7-14H2,2-3H3;1-4H3;1-2H3;2H,1H3. The van der Waals surface area contributed by atoms with Crippen molar-refractivity contribution in [3.05, 3.63) is 47.7 Å². The maximum Gasteiger partial charge on any atom is 0.209 e. The quantitative estimate of drug-likeness (QED) is 0.478. The second-order valence-corrected chi connectivity index (χ2v) is 9.62. The third-order valence-corrected chi connectivity index (χ3v) is 6.27. The van der Waals surface area contributed by atoms with Gasteiger partial charge in [0.1, 0.15) is 18.1 Å². The van der Waals surface area contributed by atoms with Gasteiger partial charge in [-0.25, -0.2) is 0 Å². The second-order valence-electron chi connectivity index (χ2n) is 9.62. The lowest BCUT2D eigenvalue weighted by molar-refractivity contribution is -0.119. The smallest absolute Gasteiger partial charge is 0.209 e. The van der Waals surface area contributed by atoms with Crippen LogP contribution in [0.15, 0.2) is 36.6 Å². The van der Waals surface area contributed by atoms with E-state index < -0.39 is 0 Å². The Kier molecular flexibility index (Phi) is 17.4. The molecule has 1 saturated heterocycles. The number of aryl methyl sites for hydroxylation is 1. The summed E-state index contributed by atoms with van der Waals surface area (Å²) in [4.78, 5) is 15.2. The number of aliphatic hydroxyl groups is 1. The first kappa shape index (κ1) is 34.5. The van der Waals surface area contributed by atoms with Gasteiger partial charge in [-0.1, -0.05) is 26.5 Å². The Labute approximate surface area is 226 Å². The molecule has 1 amide bonds. The van der Waals surface area contributed by atoms with Crippen LogP contribution in [0.3, 0.4) is 0 Å². The molecule has 1 fully saturated rings. The summed E-state index contributed by atoms with van der Waals surface area (Å²) in [6, 6.07) is 6.16. The Morgan fingerprint density at radius 2 is 1.73 bits per heavy atom. The maximum absolute atomic E-state index is 10.9. The highest BCUT2D eigenvalue weighted by Crippen LogP contribution is 2.33. The van der Waals surface area contributed by atoms with Crippen molar-refractivity contribution >= 4 is 12.1 Å². The molecular weight excluding hydrogens is 468 g/mol. The minimum absolute atomic E-state index is 0.0417. The van der Waals surface area contributed by atoms with Crippen LogP contribution in [0.4, 0.5) is 0 Å². The normalized spacial score (nSPS) is 15.6. The second kappa shape index (κ2) is 18.7. The fourth-order valence-corrected chi connectivity index (χ4v) is 3.95. The number of rotatable bonds is 7. The zero-order valence-electron chi connectivity index (χ0n) is 24.8. The number of hydrogen-bond donors (Lipinski definition) is 1. The topological polar surface area (TPSA) is 71.5 Å². The van der Waals surface area contributed by atoms with Crippen molar-refractivity contribution in [2.24, 2.45) is 5.92 Å². The molecule has 0 unspecified atom stereocenters. The van der Waals surface area contributed by atoms with Gasteiger partial charge in [-0.05, 0) is 76.6 Å². The van der Waals surface area contributed by atoms with Gasteiger partial charge in [0.15, 0.2) is 0 Å². The third kappa shape index (κ3) is 12.1. The molecule has 1 N–H and O–H groups in total. The van der Waals surface area contributed by atoms with E-state index in [0.717, 1.165) is 81.7 Å². The summed E-state index contributed by atoms with van der Waals surface area (Å²) in [7, 11) is 4.40. The van der Waals surface area contributed by atoms with Gasteiger partial charge < -0.3 is 29.1 Å². The van der Waals surface area contributed by atoms with Crippen molar-refractivity contribution in [3.63, 3.8) is 0 Å². The fraction of sp³-hybridized carbons (Fsp3) is 0.633. The van der Waals surface area contributed by atoms with Gasteiger partial charge in [-0.15, -0.1) is 0 Å². The van der Waals surface area contributed by atoms with Crippen molar-refractivity contribution in [1.82, 2.24) is 9.80 Å². The molecule has 2 aliphatic rings. The van der Waals surface area contributed by atoms with Gasteiger partial charge >= 0.3 is 0 Å². The Bertz CT molecular complexity index is 809. The summed E-state index contributed by atoms with van der Waals surface area (Å²) in [6.45, 7) is 20.4. The van der Waals surface area contributed by atoms with Crippen LogP contribution < -0.4 is 4.74 Å². The van der Waals surface area contributed by atoms with E-state index in [4.69, 9.17) is 19.3 Å². The molecule has 0 aromatic heterocycles. The minimum atomic E-state index is 0.0417. The summed E-state index contributed by atoms with van der Waals surface area (Å²) >= 11 is 0. The molecule has 1 aromatic rings. The average Bonchev–Trinajstić information content (AvgIpc) is 2.94. The van der Waals surface area contributed by atoms with Crippen LogP contribution in [-0.2, 0) is 14.3 Å². The number of likely N-dealkylation sites (tertiary alicyclic amines) is 1. The van der Waals surface area contributed by atoms with Crippen molar-refractivity contribution in [1.29, 1.82) is 0 Å². The summed E-state index contributed by atoms with van der Waals surface area (Å²) in [5.74, 6) is 2.36. The number of allylic oxidation sites excluding steroid dienone is 1. The van der Waals surface area contributed by atoms with Crippen molar-refractivity contribution in [3.8, 4) is 5.75 Å². The van der Waals surface area contributed by atoms with E-state index in [1.54, 1.807) is 14.2 Å². The lowest BCUT2D eigenvalue weighted by Crippen LogP contribution is -2.36. The first-order valence-corrected chi connectivity index (χ1v) is 13.3. The molecule has 3 rings (SSSR count). The average molecular weight is 521 g/mol. The summed E-state index contributed by atoms with van der Waals surface area (Å²) in [5, 5.41) is 7.00. The lowest BCUT2D eigenvalue weighted by atomic mass is 9.93. The number of piperidine rings is 1. The molecule has 7 heteroatoms. The molecule has 0 saturated carbocycles. The lowest BCUT2D eigenvalue weighted by Gasteiger charge is -2.36. The zero-order valence-corrected chi connectivity index (χ0v) is 24.8. The number of amides is 1. The Morgan fingerprint density at radius 1 is 1.14 bits per heavy atom. The molecule has 212 valence electrons. The molecule has 7 nitrogen and oxygen atoms in total. The van der Waals surface area contributed by atoms with E-state index in [-0.39, 0.29) is 5.60 Å². The zero-order chi connectivity index (χ0) is 28.4. The van der Waals surface area contributed by atoms with Crippen LogP contribution in [0.2, 0.25) is 0 Å². The van der Waals surface area contributed by atoms with Crippen LogP contribution >= 0.6 is 0 Å². The number of benzene rings is 1. The Hall–Kier alpha value is -2.51. The SMILES string of the molecule is C=CC1=C(c2cc(OC)ccc2C)N(CCC2CCN(C=O)CC2)CCO1.CC.CO.COC(C)(C)C. The molecule has 0 spiro atoms. The summed E-state index contributed by atoms with van der Waals surface area (Å²) in [6.07, 6.45) is 6.09. The molecule has 0 atom stereocenters. The van der Waals surface area contributed by atoms with Gasteiger partial charge in [0.2, 0.25) is 6.41 Å². The fourth-order valence-electron chi connectivity index (χ4n) is 3.95. The third-order valence-electron chi connectivity index (χ3n) is 6.27. The predicted octanol–water partition coefficient (Wildman–Crippen LogP) is 5.51. The molecule has 0 radical (unpaired) electrons. The Morgan fingerprint density at radius 3 is 2.22 bits per heavy atom. The van der Waals surface area contributed by atoms with Crippen LogP contribution in [0.5, 0.6) is 5.75 Å². The van der Waals surface area contributed by atoms with E-state index in [1.807, 2.05) is 51.7 Å².